The second-order valence-electron chi connectivity index (χ2n) is 5.76. The van der Waals surface area contributed by atoms with E-state index in [0.717, 1.165) is 0 Å². The number of aromatic amines is 1. The van der Waals surface area contributed by atoms with Crippen molar-refractivity contribution in [2.45, 2.75) is 13.5 Å². The van der Waals surface area contributed by atoms with Crippen LogP contribution in [0.3, 0.4) is 0 Å². The van der Waals surface area contributed by atoms with Crippen molar-refractivity contribution in [1.82, 2.24) is 15.4 Å². The molecule has 1 N–H and O–H groups in total. The lowest BCUT2D eigenvalue weighted by Gasteiger charge is -2.14. The Balaban J connectivity index is 1.91. The summed E-state index contributed by atoms with van der Waals surface area (Å²) < 4.78 is 16.2. The average molecular weight is 457 g/mol. The number of nitrogens with zero attached hydrogens (tertiary/aromatic N) is 2. The van der Waals surface area contributed by atoms with Crippen LogP contribution in [0.2, 0.25) is 15.1 Å². The molecule has 0 aliphatic carbocycles. The maximum atomic E-state index is 12.1. The summed E-state index contributed by atoms with van der Waals surface area (Å²) in [5.74, 6) is 0.319. The highest BCUT2D eigenvalue weighted by atomic mass is 35.5. The third-order valence-corrected chi connectivity index (χ3v) is 4.69. The summed E-state index contributed by atoms with van der Waals surface area (Å²) in [6.07, 6.45) is 0. The first-order valence-corrected chi connectivity index (χ1v) is 9.60. The zero-order valence-electron chi connectivity index (χ0n) is 15.5. The number of hydrogen-bond donors (Lipinski definition) is 1. The highest BCUT2D eigenvalue weighted by Gasteiger charge is 2.20. The Morgan fingerprint density at radius 3 is 2.48 bits per heavy atom. The largest absolute Gasteiger partial charge is 0.496 e. The van der Waals surface area contributed by atoms with Crippen molar-refractivity contribution in [3.63, 3.8) is 0 Å². The zero-order valence-corrected chi connectivity index (χ0v) is 17.7. The summed E-state index contributed by atoms with van der Waals surface area (Å²) in [5, 5.41) is 11.4. The summed E-state index contributed by atoms with van der Waals surface area (Å²) in [6.45, 7) is 2.05. The van der Waals surface area contributed by atoms with Crippen LogP contribution in [-0.4, -0.2) is 35.1 Å². The second kappa shape index (κ2) is 9.35. The van der Waals surface area contributed by atoms with Crippen molar-refractivity contribution in [3.8, 4) is 22.8 Å². The molecule has 152 valence electrons. The first-order valence-electron chi connectivity index (χ1n) is 8.47. The Kier molecular flexibility index (Phi) is 6.84. The molecule has 29 heavy (non-hydrogen) atoms. The normalized spacial score (nSPS) is 10.7. The summed E-state index contributed by atoms with van der Waals surface area (Å²) in [7, 11) is 1.54. The maximum Gasteiger partial charge on any atom is 0.361 e. The lowest BCUT2D eigenvalue weighted by molar-refractivity contribution is 0.0520. The van der Waals surface area contributed by atoms with Gasteiger partial charge in [0.15, 0.2) is 11.4 Å². The van der Waals surface area contributed by atoms with Crippen LogP contribution in [0.4, 0.5) is 0 Å². The van der Waals surface area contributed by atoms with Gasteiger partial charge < -0.3 is 14.2 Å². The Morgan fingerprint density at radius 2 is 1.83 bits per heavy atom. The van der Waals surface area contributed by atoms with Gasteiger partial charge in [0.2, 0.25) is 0 Å². The molecular weight excluding hydrogens is 441 g/mol. The van der Waals surface area contributed by atoms with E-state index in [4.69, 9.17) is 49.0 Å². The van der Waals surface area contributed by atoms with E-state index in [-0.39, 0.29) is 18.9 Å². The number of nitrogens with one attached hydrogen (secondary N) is 1. The Bertz CT molecular complexity index is 1020. The smallest absolute Gasteiger partial charge is 0.361 e. The Morgan fingerprint density at radius 1 is 1.10 bits per heavy atom. The van der Waals surface area contributed by atoms with Gasteiger partial charge in [-0.25, -0.2) is 4.79 Å². The molecule has 1 heterocycles. The molecular formula is C19H16Cl3N3O4. The van der Waals surface area contributed by atoms with Crippen LogP contribution in [-0.2, 0) is 11.3 Å². The molecule has 0 fully saturated rings. The fraction of sp³-hybridized carbons (Fsp3) is 0.211. The lowest BCUT2D eigenvalue weighted by Crippen LogP contribution is -2.07. The molecule has 0 unspecified atom stereocenters. The van der Waals surface area contributed by atoms with E-state index in [2.05, 4.69) is 15.4 Å². The topological polar surface area (TPSA) is 86.3 Å². The maximum absolute atomic E-state index is 12.1. The number of aromatic nitrogens is 3. The van der Waals surface area contributed by atoms with Crippen LogP contribution in [0.15, 0.2) is 30.3 Å². The van der Waals surface area contributed by atoms with Crippen LogP contribution in [0.25, 0.3) is 11.3 Å². The lowest BCUT2D eigenvalue weighted by atomic mass is 10.1. The van der Waals surface area contributed by atoms with Crippen LogP contribution in [0, 0.1) is 0 Å². The van der Waals surface area contributed by atoms with Gasteiger partial charge in [0, 0.05) is 16.1 Å². The van der Waals surface area contributed by atoms with Gasteiger partial charge >= 0.3 is 5.97 Å². The molecule has 0 saturated heterocycles. The minimum absolute atomic E-state index is 0.0904. The molecule has 0 radical (unpaired) electrons. The Labute approximate surface area is 181 Å². The van der Waals surface area contributed by atoms with E-state index < -0.39 is 5.97 Å². The molecule has 0 saturated carbocycles. The number of carbonyl (C=O) groups is 1. The third-order valence-electron chi connectivity index (χ3n) is 3.91. The molecule has 0 aliphatic rings. The van der Waals surface area contributed by atoms with Gasteiger partial charge in [-0.1, -0.05) is 34.8 Å². The van der Waals surface area contributed by atoms with Crippen molar-refractivity contribution >= 4 is 40.8 Å². The molecule has 0 amide bonds. The first-order chi connectivity index (χ1) is 13.9. The van der Waals surface area contributed by atoms with E-state index in [1.54, 1.807) is 44.4 Å². The number of hydrogen-bond acceptors (Lipinski definition) is 6. The van der Waals surface area contributed by atoms with E-state index in [1.165, 1.54) is 0 Å². The van der Waals surface area contributed by atoms with E-state index in [0.29, 0.717) is 43.4 Å². The summed E-state index contributed by atoms with van der Waals surface area (Å²) in [5.41, 5.74) is 1.77. The van der Waals surface area contributed by atoms with Gasteiger partial charge in [-0.3, -0.25) is 0 Å². The van der Waals surface area contributed by atoms with Crippen molar-refractivity contribution in [2.75, 3.05) is 13.7 Å². The molecule has 0 aliphatic heterocycles. The van der Waals surface area contributed by atoms with Gasteiger partial charge in [0.25, 0.3) is 0 Å². The highest BCUT2D eigenvalue weighted by Crippen LogP contribution is 2.37. The Hall–Kier alpha value is -2.48. The molecule has 3 rings (SSSR count). The van der Waals surface area contributed by atoms with Crippen molar-refractivity contribution in [3.05, 3.63) is 56.7 Å². The molecule has 7 nitrogen and oxygen atoms in total. The average Bonchev–Trinajstić information content (AvgIpc) is 3.17. The van der Waals surface area contributed by atoms with Crippen LogP contribution < -0.4 is 9.47 Å². The van der Waals surface area contributed by atoms with Crippen LogP contribution >= 0.6 is 34.8 Å². The number of rotatable bonds is 7. The van der Waals surface area contributed by atoms with Gasteiger partial charge in [0.05, 0.1) is 23.8 Å². The van der Waals surface area contributed by atoms with E-state index >= 15 is 0 Å². The molecule has 0 atom stereocenters. The predicted octanol–water partition coefficient (Wildman–Crippen LogP) is 5.20. The second-order valence-corrected chi connectivity index (χ2v) is 7.01. The highest BCUT2D eigenvalue weighted by molar-refractivity contribution is 6.40. The number of methoxy groups -OCH3 is 1. The fourth-order valence-corrected chi connectivity index (χ4v) is 3.56. The van der Waals surface area contributed by atoms with Crippen LogP contribution in [0.1, 0.15) is 23.0 Å². The van der Waals surface area contributed by atoms with Gasteiger partial charge in [-0.15, -0.1) is 5.10 Å². The monoisotopic (exact) mass is 455 g/mol. The number of halogens is 3. The number of H-pyrrole nitrogens is 1. The van der Waals surface area contributed by atoms with Gasteiger partial charge in [-0.2, -0.15) is 10.3 Å². The number of ether oxygens (including phenoxy) is 3. The van der Waals surface area contributed by atoms with Crippen molar-refractivity contribution in [2.24, 2.45) is 0 Å². The van der Waals surface area contributed by atoms with E-state index in [9.17, 15) is 4.79 Å². The predicted molar refractivity (Wildman–Crippen MR) is 110 cm³/mol. The summed E-state index contributed by atoms with van der Waals surface area (Å²) in [4.78, 5) is 12.1. The molecule has 3 aromatic rings. The fourth-order valence-electron chi connectivity index (χ4n) is 2.63. The first kappa shape index (κ1) is 21.2. The van der Waals surface area contributed by atoms with E-state index in [1.807, 2.05) is 0 Å². The molecule has 2 aromatic carbocycles. The number of esters is 1. The van der Waals surface area contributed by atoms with Crippen molar-refractivity contribution < 1.29 is 19.0 Å². The molecule has 10 heteroatoms. The molecule has 1 aromatic heterocycles. The standard InChI is InChI=1S/C19H16Cl3N3O4/c1-3-28-19(26)17-16(23-25-24-17)10-4-5-15(27-2)11(6-10)9-29-18-13(21)7-12(20)8-14(18)22/h4-8H,3,9H2,1-2H3,(H,23,24,25). The van der Waals surface area contributed by atoms with Gasteiger partial charge in [-0.05, 0) is 37.3 Å². The summed E-state index contributed by atoms with van der Waals surface area (Å²) >= 11 is 18.3. The van der Waals surface area contributed by atoms with Gasteiger partial charge in [0.1, 0.15) is 18.1 Å². The SMILES string of the molecule is CCOC(=O)c1n[nH]nc1-c1ccc(OC)c(COc2c(Cl)cc(Cl)cc2Cl)c1. The number of carbonyl (C=O) groups excluding carboxylic acids is 1. The van der Waals surface area contributed by atoms with Crippen molar-refractivity contribution in [1.29, 1.82) is 0 Å². The third kappa shape index (κ3) is 4.75. The van der Waals surface area contributed by atoms with Crippen LogP contribution in [0.5, 0.6) is 11.5 Å². The molecule has 0 bridgehead atoms. The number of benzene rings is 2. The minimum atomic E-state index is -0.565. The zero-order chi connectivity index (χ0) is 21.0. The quantitative estimate of drug-likeness (QED) is 0.492. The molecule has 0 spiro atoms. The summed E-state index contributed by atoms with van der Waals surface area (Å²) in [6, 6.07) is 8.35. The minimum Gasteiger partial charge on any atom is -0.496 e.